The third-order valence-electron chi connectivity index (χ3n) is 4.35. The van der Waals surface area contributed by atoms with E-state index in [1.165, 1.54) is 4.57 Å². The molecule has 1 aromatic carbocycles. The van der Waals surface area contributed by atoms with Crippen molar-refractivity contribution in [3.05, 3.63) is 51.8 Å². The van der Waals surface area contributed by atoms with Crippen LogP contribution in [0.25, 0.3) is 11.3 Å². The Morgan fingerprint density at radius 1 is 1.41 bits per heavy atom. The number of nitrogens with two attached hydrogens (primary N) is 1. The predicted octanol–water partition coefficient (Wildman–Crippen LogP) is 1.92. The van der Waals surface area contributed by atoms with E-state index >= 15 is 0 Å². The summed E-state index contributed by atoms with van der Waals surface area (Å²) >= 11 is 0. The summed E-state index contributed by atoms with van der Waals surface area (Å²) in [5.74, 6) is 4.90. The van der Waals surface area contributed by atoms with Gasteiger partial charge < -0.3 is 9.47 Å². The Kier molecular flexibility index (Phi) is 5.39. The van der Waals surface area contributed by atoms with Gasteiger partial charge in [0.1, 0.15) is 17.2 Å². The van der Waals surface area contributed by atoms with Crippen molar-refractivity contribution in [2.75, 3.05) is 12.0 Å². The maximum absolute atomic E-state index is 13.5. The van der Waals surface area contributed by atoms with Crippen LogP contribution >= 0.6 is 0 Å². The number of fused-ring (bicyclic) bond motifs is 1. The number of esters is 1. The molecule has 0 bridgehead atoms. The van der Waals surface area contributed by atoms with Crippen molar-refractivity contribution < 1.29 is 14.3 Å². The van der Waals surface area contributed by atoms with Crippen molar-refractivity contribution in [2.24, 2.45) is 5.84 Å². The molecule has 29 heavy (non-hydrogen) atoms. The summed E-state index contributed by atoms with van der Waals surface area (Å²) in [6.45, 7) is 5.27. The number of rotatable bonds is 4. The van der Waals surface area contributed by atoms with Gasteiger partial charge in [0, 0.05) is 6.42 Å². The zero-order chi connectivity index (χ0) is 21.2. The smallest absolute Gasteiger partial charge is 0.335 e. The first kappa shape index (κ1) is 20.1. The molecule has 3 rings (SSSR count). The highest BCUT2D eigenvalue weighted by Crippen LogP contribution is 2.36. The molecule has 0 spiro atoms. The number of hydrazine groups is 1. The van der Waals surface area contributed by atoms with Crippen LogP contribution in [0.1, 0.15) is 32.8 Å². The van der Waals surface area contributed by atoms with Crippen molar-refractivity contribution >= 4 is 17.5 Å². The molecular formula is C20H21N5O4. The van der Waals surface area contributed by atoms with Crippen molar-refractivity contribution in [3.63, 3.8) is 0 Å². The van der Waals surface area contributed by atoms with E-state index < -0.39 is 17.1 Å². The maximum Gasteiger partial charge on any atom is 0.335 e. The van der Waals surface area contributed by atoms with Gasteiger partial charge in [0.2, 0.25) is 11.8 Å². The zero-order valence-corrected chi connectivity index (χ0v) is 16.4. The third-order valence-corrected chi connectivity index (χ3v) is 4.35. The van der Waals surface area contributed by atoms with E-state index in [0.29, 0.717) is 5.69 Å². The normalized spacial score (nSPS) is 14.9. The molecule has 2 heterocycles. The summed E-state index contributed by atoms with van der Waals surface area (Å²) in [7, 11) is 0. The molecule has 0 atom stereocenters. The summed E-state index contributed by atoms with van der Waals surface area (Å²) in [4.78, 5) is 30.4. The maximum atomic E-state index is 13.5. The number of hydrogen-bond donors (Lipinski definition) is 2. The van der Waals surface area contributed by atoms with E-state index in [9.17, 15) is 14.9 Å². The van der Waals surface area contributed by atoms with Gasteiger partial charge in [0.25, 0.3) is 5.56 Å². The van der Waals surface area contributed by atoms with Gasteiger partial charge in [-0.2, -0.15) is 10.2 Å². The average Bonchev–Trinajstić information content (AvgIpc) is 2.81. The van der Waals surface area contributed by atoms with Crippen molar-refractivity contribution in [1.82, 2.24) is 9.55 Å². The number of allylic oxidation sites excluding steroid dienone is 1. The van der Waals surface area contributed by atoms with Gasteiger partial charge >= 0.3 is 5.97 Å². The van der Waals surface area contributed by atoms with Crippen LogP contribution in [0, 0.1) is 11.3 Å². The van der Waals surface area contributed by atoms with Crippen LogP contribution in [-0.4, -0.2) is 27.7 Å². The lowest BCUT2D eigenvalue weighted by atomic mass is 9.94. The molecule has 2 aromatic rings. The molecular weight excluding hydrogens is 374 g/mol. The first-order valence-electron chi connectivity index (χ1n) is 9.01. The van der Waals surface area contributed by atoms with Crippen LogP contribution in [0.5, 0.6) is 5.88 Å². The molecule has 9 heteroatoms. The minimum Gasteiger partial charge on any atom is -0.471 e. The van der Waals surface area contributed by atoms with E-state index in [4.69, 9.17) is 15.3 Å². The van der Waals surface area contributed by atoms with Crippen molar-refractivity contribution in [1.29, 1.82) is 5.26 Å². The number of para-hydroxylation sites is 1. The van der Waals surface area contributed by atoms with Crippen LogP contribution in [0.4, 0.5) is 5.95 Å². The summed E-state index contributed by atoms with van der Waals surface area (Å²) < 4.78 is 12.3. The number of nitriles is 1. The third kappa shape index (κ3) is 3.70. The molecule has 0 saturated heterocycles. The Morgan fingerprint density at radius 2 is 2.10 bits per heavy atom. The SMILES string of the molecule is CCOC(=O)C1=C(C#N)c2c(nc(NN)n(-c3ccccc3)c2=O)OC(C)(C)C1. The van der Waals surface area contributed by atoms with Crippen LogP contribution in [0.15, 0.2) is 40.7 Å². The molecule has 0 saturated carbocycles. The second-order valence-corrected chi connectivity index (χ2v) is 6.96. The van der Waals surface area contributed by atoms with E-state index in [1.807, 2.05) is 6.07 Å². The average molecular weight is 395 g/mol. The number of ether oxygens (including phenoxy) is 2. The summed E-state index contributed by atoms with van der Waals surface area (Å²) in [6, 6.07) is 10.7. The minimum absolute atomic E-state index is 0.0348. The highest BCUT2D eigenvalue weighted by molar-refractivity contribution is 6.02. The van der Waals surface area contributed by atoms with Gasteiger partial charge in [-0.05, 0) is 32.9 Å². The standard InChI is InChI=1S/C20H21N5O4/c1-4-28-18(27)13-10-20(2,3)29-16-15(14(13)11-21)17(26)25(19(23-16)24-22)12-8-6-5-7-9-12/h5-9H,4,10,22H2,1-3H3,(H,23,24). The van der Waals surface area contributed by atoms with Gasteiger partial charge in [-0.15, -0.1) is 0 Å². The fourth-order valence-corrected chi connectivity index (χ4v) is 3.18. The first-order valence-corrected chi connectivity index (χ1v) is 9.01. The molecule has 1 aromatic heterocycles. The topological polar surface area (TPSA) is 132 Å². The molecule has 0 amide bonds. The number of benzene rings is 1. The van der Waals surface area contributed by atoms with Crippen LogP contribution in [0.3, 0.4) is 0 Å². The lowest BCUT2D eigenvalue weighted by Gasteiger charge is -2.25. The molecule has 0 radical (unpaired) electrons. The van der Waals surface area contributed by atoms with Crippen LogP contribution in [-0.2, 0) is 9.53 Å². The number of nitrogens with one attached hydrogen (secondary N) is 1. The number of hydrogen-bond acceptors (Lipinski definition) is 8. The highest BCUT2D eigenvalue weighted by atomic mass is 16.5. The molecule has 9 nitrogen and oxygen atoms in total. The van der Waals surface area contributed by atoms with Gasteiger partial charge in [0.15, 0.2) is 0 Å². The minimum atomic E-state index is -0.917. The van der Waals surface area contributed by atoms with Crippen LogP contribution in [0.2, 0.25) is 0 Å². The van der Waals surface area contributed by atoms with Gasteiger partial charge in [-0.25, -0.2) is 15.2 Å². The summed E-state index contributed by atoms with van der Waals surface area (Å²) in [5, 5.41) is 9.85. The fourth-order valence-electron chi connectivity index (χ4n) is 3.18. The quantitative estimate of drug-likeness (QED) is 0.456. The molecule has 3 N–H and O–H groups in total. The molecule has 0 aliphatic carbocycles. The summed E-state index contributed by atoms with van der Waals surface area (Å²) in [6.07, 6.45) is 0.0707. The largest absolute Gasteiger partial charge is 0.471 e. The number of carbonyl (C=O) groups is 1. The molecule has 0 fully saturated rings. The monoisotopic (exact) mass is 395 g/mol. The number of nitrogen functional groups attached to an aromatic ring is 1. The fraction of sp³-hybridized carbons (Fsp3) is 0.300. The molecule has 1 aliphatic rings. The van der Waals surface area contributed by atoms with Crippen molar-refractivity contribution in [2.45, 2.75) is 32.8 Å². The van der Waals surface area contributed by atoms with Crippen LogP contribution < -0.4 is 21.6 Å². The molecule has 150 valence electrons. The second-order valence-electron chi connectivity index (χ2n) is 6.96. The number of aromatic nitrogens is 2. The predicted molar refractivity (Wildman–Crippen MR) is 106 cm³/mol. The molecule has 0 unspecified atom stereocenters. The van der Waals surface area contributed by atoms with Gasteiger partial charge in [-0.3, -0.25) is 10.2 Å². The lowest BCUT2D eigenvalue weighted by molar-refractivity contribution is -0.139. The number of carbonyl (C=O) groups excluding carboxylic acids is 1. The van der Waals surface area contributed by atoms with E-state index in [1.54, 1.807) is 51.1 Å². The Balaban J connectivity index is 2.40. The number of anilines is 1. The van der Waals surface area contributed by atoms with E-state index in [2.05, 4.69) is 10.4 Å². The number of nitrogens with zero attached hydrogens (tertiary/aromatic N) is 3. The Bertz CT molecular complexity index is 1080. The van der Waals surface area contributed by atoms with Gasteiger partial charge in [0.05, 0.1) is 23.4 Å². The Morgan fingerprint density at radius 3 is 2.69 bits per heavy atom. The zero-order valence-electron chi connectivity index (χ0n) is 16.4. The second kappa shape index (κ2) is 7.77. The molecule has 1 aliphatic heterocycles. The Labute approximate surface area is 167 Å². The van der Waals surface area contributed by atoms with E-state index in [-0.39, 0.29) is 41.6 Å². The Hall–Kier alpha value is -3.64. The lowest BCUT2D eigenvalue weighted by Crippen LogP contribution is -2.32. The van der Waals surface area contributed by atoms with Crippen molar-refractivity contribution in [3.8, 4) is 17.6 Å². The first-order chi connectivity index (χ1) is 13.8. The van der Waals surface area contributed by atoms with E-state index in [0.717, 1.165) is 0 Å². The highest BCUT2D eigenvalue weighted by Gasteiger charge is 2.37. The summed E-state index contributed by atoms with van der Waals surface area (Å²) in [5.41, 5.74) is 1.23. The van der Waals surface area contributed by atoms with Gasteiger partial charge in [-0.1, -0.05) is 18.2 Å².